The number of pyridine rings is 1. The van der Waals surface area contributed by atoms with Crippen molar-refractivity contribution in [1.29, 1.82) is 0 Å². The van der Waals surface area contributed by atoms with Gasteiger partial charge in [-0.2, -0.15) is 4.57 Å². The number of ether oxygens (including phenoxy) is 1. The van der Waals surface area contributed by atoms with Crippen LogP contribution in [0.15, 0.2) is 42.7 Å². The summed E-state index contributed by atoms with van der Waals surface area (Å²) < 4.78 is 6.62. The van der Waals surface area contributed by atoms with Gasteiger partial charge in [-0.3, -0.25) is 4.79 Å². The molecule has 0 aliphatic heterocycles. The molecule has 0 saturated carbocycles. The maximum Gasteiger partial charge on any atom is 0.344 e. The quantitative estimate of drug-likeness (QED) is 0.617. The predicted octanol–water partition coefficient (Wildman–Crippen LogP) is 2.40. The van der Waals surface area contributed by atoms with E-state index in [0.717, 1.165) is 16.8 Å². The van der Waals surface area contributed by atoms with Crippen LogP contribution in [-0.4, -0.2) is 18.5 Å². The van der Waals surface area contributed by atoms with E-state index in [1.165, 1.54) is 0 Å². The van der Waals surface area contributed by atoms with Crippen molar-refractivity contribution in [3.63, 3.8) is 0 Å². The Kier molecular flexibility index (Phi) is 8.22. The van der Waals surface area contributed by atoms with Crippen LogP contribution in [0.2, 0.25) is 0 Å². The van der Waals surface area contributed by atoms with Crippen molar-refractivity contribution in [1.82, 2.24) is 0 Å². The summed E-state index contributed by atoms with van der Waals surface area (Å²) in [5.41, 5.74) is 3.29. The topological polar surface area (TPSA) is 59.3 Å². The second kappa shape index (κ2) is 9.65. The van der Waals surface area contributed by atoms with E-state index in [-0.39, 0.29) is 45.2 Å². The Hall–Kier alpha value is -1.59. The summed E-state index contributed by atoms with van der Waals surface area (Å²) in [5.74, 6) is -0.537. The minimum absolute atomic E-state index is 0. The van der Waals surface area contributed by atoms with Crippen molar-refractivity contribution >= 4 is 17.6 Å². The van der Waals surface area contributed by atoms with Crippen LogP contribution in [0.25, 0.3) is 0 Å². The summed E-state index contributed by atoms with van der Waals surface area (Å²) in [6.45, 7) is 6.11. The van der Waals surface area contributed by atoms with Crippen LogP contribution in [0.3, 0.4) is 0 Å². The monoisotopic (exact) mass is 402 g/mol. The van der Waals surface area contributed by atoms with Gasteiger partial charge in [0, 0.05) is 44.5 Å². The van der Waals surface area contributed by atoms with Crippen molar-refractivity contribution in [3.8, 4) is 0 Å². The second-order valence-electron chi connectivity index (χ2n) is 5.30. The van der Waals surface area contributed by atoms with Crippen LogP contribution in [-0.2, 0) is 48.8 Å². The fourth-order valence-corrected chi connectivity index (χ4v) is 2.31. The molecule has 0 atom stereocenters. The molecule has 0 bridgehead atoms. The summed E-state index contributed by atoms with van der Waals surface area (Å²) in [7, 11) is 0. The first-order valence-corrected chi connectivity index (χ1v) is 7.53. The SMILES string of the molecule is CCOC(=O)c1ccc[n+](CC(=O)Nc2c(C)cccc2C)c1.[Y]. The number of anilines is 1. The molecule has 24 heavy (non-hydrogen) atoms. The van der Waals surface area contributed by atoms with Gasteiger partial charge in [0.05, 0.1) is 6.61 Å². The van der Waals surface area contributed by atoms with Crippen LogP contribution in [0.5, 0.6) is 0 Å². The maximum absolute atomic E-state index is 12.2. The van der Waals surface area contributed by atoms with Crippen molar-refractivity contribution in [3.05, 3.63) is 59.4 Å². The van der Waals surface area contributed by atoms with Crippen molar-refractivity contribution < 1.29 is 51.6 Å². The number of nitrogens with zero attached hydrogens (tertiary/aromatic N) is 1. The number of nitrogens with one attached hydrogen (secondary N) is 1. The third kappa shape index (κ3) is 5.50. The Bertz CT molecular complexity index is 712. The van der Waals surface area contributed by atoms with Crippen LogP contribution >= 0.6 is 0 Å². The van der Waals surface area contributed by atoms with Gasteiger partial charge in [0.25, 0.3) is 5.91 Å². The first-order valence-electron chi connectivity index (χ1n) is 7.53. The van der Waals surface area contributed by atoms with Gasteiger partial charge in [0.15, 0.2) is 12.4 Å². The fraction of sp³-hybridized carbons (Fsp3) is 0.278. The van der Waals surface area contributed by atoms with Gasteiger partial charge in [-0.1, -0.05) is 18.2 Å². The van der Waals surface area contributed by atoms with Crippen LogP contribution in [0.1, 0.15) is 28.4 Å². The molecule has 0 saturated heterocycles. The zero-order valence-corrected chi connectivity index (χ0v) is 17.0. The molecule has 1 radical (unpaired) electrons. The molecule has 0 unspecified atom stereocenters. The number of carbonyl (C=O) groups is 2. The Morgan fingerprint density at radius 1 is 1.12 bits per heavy atom. The Morgan fingerprint density at radius 2 is 1.79 bits per heavy atom. The molecule has 0 spiro atoms. The molecule has 1 aromatic carbocycles. The molecular formula is C18H21N2O3Y+. The molecule has 0 aliphatic rings. The summed E-state index contributed by atoms with van der Waals surface area (Å²) >= 11 is 0. The van der Waals surface area contributed by atoms with Gasteiger partial charge in [0.2, 0.25) is 6.54 Å². The number of esters is 1. The number of rotatable bonds is 5. The predicted molar refractivity (Wildman–Crippen MR) is 87.1 cm³/mol. The van der Waals surface area contributed by atoms with E-state index in [2.05, 4.69) is 5.32 Å². The standard InChI is InChI=1S/C18H20N2O3.Y/c1-4-23-18(22)15-9-6-10-20(11-15)12-16(21)19-17-13(2)7-5-8-14(17)3;/h5-11H,4,12H2,1-3H3;/p+1. The van der Waals surface area contributed by atoms with Crippen molar-refractivity contribution in [2.75, 3.05) is 11.9 Å². The van der Waals surface area contributed by atoms with E-state index in [9.17, 15) is 9.59 Å². The van der Waals surface area contributed by atoms with Crippen LogP contribution in [0, 0.1) is 13.8 Å². The van der Waals surface area contributed by atoms with Gasteiger partial charge in [0.1, 0.15) is 5.56 Å². The van der Waals surface area contributed by atoms with Gasteiger partial charge >= 0.3 is 5.97 Å². The van der Waals surface area contributed by atoms with E-state index in [0.29, 0.717) is 12.2 Å². The first-order chi connectivity index (χ1) is 11.0. The molecule has 2 aromatic rings. The normalized spacial score (nSPS) is 9.79. The number of hydrogen-bond donors (Lipinski definition) is 1. The maximum atomic E-state index is 12.2. The van der Waals surface area contributed by atoms with E-state index in [4.69, 9.17) is 4.74 Å². The van der Waals surface area contributed by atoms with Crippen molar-refractivity contribution in [2.24, 2.45) is 0 Å². The third-order valence-corrected chi connectivity index (χ3v) is 3.44. The Balaban J connectivity index is 0.00000288. The summed E-state index contributed by atoms with van der Waals surface area (Å²) in [5, 5.41) is 2.92. The summed E-state index contributed by atoms with van der Waals surface area (Å²) in [4.78, 5) is 24.0. The molecule has 0 aliphatic carbocycles. The van der Waals surface area contributed by atoms with Gasteiger partial charge in [-0.25, -0.2) is 4.79 Å². The fourth-order valence-electron chi connectivity index (χ4n) is 2.31. The average molecular weight is 402 g/mol. The smallest absolute Gasteiger partial charge is 0.344 e. The summed E-state index contributed by atoms with van der Waals surface area (Å²) in [6, 6.07) is 9.25. The molecule has 5 nitrogen and oxygen atoms in total. The average Bonchev–Trinajstić information content (AvgIpc) is 2.51. The molecule has 123 valence electrons. The number of amides is 1. The van der Waals surface area contributed by atoms with E-state index >= 15 is 0 Å². The third-order valence-electron chi connectivity index (χ3n) is 3.44. The molecule has 1 aromatic heterocycles. The Labute approximate surface area is 167 Å². The molecular weight excluding hydrogens is 381 g/mol. The number of aryl methyl sites for hydroxylation is 2. The number of hydrogen-bond acceptors (Lipinski definition) is 3. The van der Waals surface area contributed by atoms with Crippen LogP contribution < -0.4 is 9.88 Å². The number of benzene rings is 1. The van der Waals surface area contributed by atoms with Crippen LogP contribution in [0.4, 0.5) is 5.69 Å². The zero-order valence-electron chi connectivity index (χ0n) is 14.2. The molecule has 6 heteroatoms. The number of para-hydroxylation sites is 1. The summed E-state index contributed by atoms with van der Waals surface area (Å²) in [6.07, 6.45) is 3.36. The molecule has 1 heterocycles. The van der Waals surface area contributed by atoms with E-state index in [1.807, 2.05) is 32.0 Å². The molecule has 0 fully saturated rings. The van der Waals surface area contributed by atoms with Gasteiger partial charge in [-0.05, 0) is 38.0 Å². The Morgan fingerprint density at radius 3 is 2.42 bits per heavy atom. The van der Waals surface area contributed by atoms with Crippen molar-refractivity contribution in [2.45, 2.75) is 27.3 Å². The zero-order chi connectivity index (χ0) is 16.8. The largest absolute Gasteiger partial charge is 0.462 e. The molecule has 1 amide bonds. The van der Waals surface area contributed by atoms with E-state index < -0.39 is 5.97 Å². The minimum atomic E-state index is -0.392. The van der Waals surface area contributed by atoms with Gasteiger partial charge in [-0.15, -0.1) is 0 Å². The van der Waals surface area contributed by atoms with Gasteiger partial charge < -0.3 is 10.1 Å². The minimum Gasteiger partial charge on any atom is -0.462 e. The number of carbonyl (C=O) groups excluding carboxylic acids is 2. The molecule has 2 rings (SSSR count). The first kappa shape index (κ1) is 20.5. The number of aromatic nitrogens is 1. The molecule has 1 N–H and O–H groups in total. The van der Waals surface area contributed by atoms with E-state index in [1.54, 1.807) is 36.0 Å². The second-order valence-corrected chi connectivity index (χ2v) is 5.30.